The van der Waals surface area contributed by atoms with Crippen molar-refractivity contribution < 1.29 is 55.6 Å². The third kappa shape index (κ3) is 284. The molecule has 0 saturated heterocycles. The average molecular weight is 300 g/mol. The maximum absolute atomic E-state index is 8.88. The van der Waals surface area contributed by atoms with Gasteiger partial charge in [-0.1, -0.05) is 0 Å². The molecule has 77 valence electrons. The van der Waals surface area contributed by atoms with Crippen molar-refractivity contribution in [2.24, 2.45) is 0 Å². The van der Waals surface area contributed by atoms with Gasteiger partial charge in [0.15, 0.2) is 0 Å². The molecule has 0 bridgehead atoms. The van der Waals surface area contributed by atoms with Crippen LogP contribution in [0.25, 0.3) is 0 Å². The summed E-state index contributed by atoms with van der Waals surface area (Å²) in [4.78, 5) is 43.1. The predicted octanol–water partition coefficient (Wildman–Crippen LogP) is -2.51. The van der Waals surface area contributed by atoms with Gasteiger partial charge in [0.2, 0.25) is 0 Å². The zero-order valence-electron chi connectivity index (χ0n) is 4.70. The molecule has 0 aliphatic heterocycles. The Balaban J connectivity index is -0.0000000457. The van der Waals surface area contributed by atoms with Crippen LogP contribution in [0.2, 0.25) is 0 Å². The molecule has 0 aromatic heterocycles. The quantitative estimate of drug-likeness (QED) is 0.212. The zero-order valence-corrected chi connectivity index (χ0v) is 7.43. The van der Waals surface area contributed by atoms with E-state index in [9.17, 15) is 0 Å². The van der Waals surface area contributed by atoms with E-state index < -0.39 is 15.6 Å². The summed E-state index contributed by atoms with van der Waals surface area (Å²) in [6.45, 7) is 0. The first-order valence-corrected chi connectivity index (χ1v) is 4.70. The molecule has 12 heavy (non-hydrogen) atoms. The van der Waals surface area contributed by atoms with Crippen LogP contribution in [0.4, 0.5) is 0 Å². The fourth-order valence-electron chi connectivity index (χ4n) is 0. The van der Waals surface area contributed by atoms with Gasteiger partial charge in [0.1, 0.15) is 0 Å². The second-order valence-electron chi connectivity index (χ2n) is 1.03. The number of phosphoric acid groups is 2. The fourth-order valence-corrected chi connectivity index (χ4v) is 0. The molecule has 0 aromatic rings. The van der Waals surface area contributed by atoms with Crippen LogP contribution in [0.3, 0.4) is 0 Å². The van der Waals surface area contributed by atoms with Gasteiger partial charge >= 0.3 is 67.0 Å². The number of hydrogen-bond donors (Lipinski definition) is 6. The first kappa shape index (κ1) is 23.9. The normalized spacial score (nSPS) is 9.83. The van der Waals surface area contributed by atoms with Crippen molar-refractivity contribution in [3.8, 4) is 0 Å². The molecule has 0 fully saturated rings. The van der Waals surface area contributed by atoms with Crippen molar-refractivity contribution in [1.29, 1.82) is 0 Å². The molecule has 0 spiro atoms. The van der Waals surface area contributed by atoms with E-state index in [4.69, 9.17) is 38.5 Å². The SMILES string of the molecule is O=P(O)(O)O.O=P(O)(O)O.[Cu].[KH]. The van der Waals surface area contributed by atoms with E-state index in [1.807, 2.05) is 0 Å². The van der Waals surface area contributed by atoms with Gasteiger partial charge in [-0.15, -0.1) is 0 Å². The van der Waals surface area contributed by atoms with Crippen LogP contribution in [0.1, 0.15) is 0 Å². The van der Waals surface area contributed by atoms with Crippen LogP contribution in [-0.2, 0) is 26.2 Å². The van der Waals surface area contributed by atoms with Crippen molar-refractivity contribution >= 4 is 67.0 Å². The molecule has 0 heterocycles. The standard InChI is InChI=1S/Cu.K.2H3O4P.H/c;;2*1-5(2,3)4;/h;;2*(H3,1,2,3,4);. The summed E-state index contributed by atoms with van der Waals surface area (Å²) in [6.07, 6.45) is 0. The van der Waals surface area contributed by atoms with Crippen molar-refractivity contribution in [2.75, 3.05) is 0 Å². The molecule has 0 saturated carbocycles. The van der Waals surface area contributed by atoms with E-state index in [1.54, 1.807) is 0 Å². The maximum atomic E-state index is 8.88. The third-order valence-corrected chi connectivity index (χ3v) is 0. The molecule has 12 heteroatoms. The van der Waals surface area contributed by atoms with Crippen molar-refractivity contribution in [2.45, 2.75) is 0 Å². The van der Waals surface area contributed by atoms with E-state index in [0.29, 0.717) is 0 Å². The molecular weight excluding hydrogens is 293 g/mol. The Morgan fingerprint density at radius 2 is 0.667 bits per heavy atom. The predicted molar refractivity (Wildman–Crippen MR) is 35.7 cm³/mol. The van der Waals surface area contributed by atoms with Crippen LogP contribution in [-0.4, -0.2) is 80.7 Å². The minimum absolute atomic E-state index is 0. The van der Waals surface area contributed by atoms with Gasteiger partial charge in [0, 0.05) is 17.1 Å². The summed E-state index contributed by atoms with van der Waals surface area (Å²) in [5, 5.41) is 0. The zero-order chi connectivity index (χ0) is 9.00. The summed E-state index contributed by atoms with van der Waals surface area (Å²) in [7, 11) is -9.28. The van der Waals surface area contributed by atoms with E-state index in [-0.39, 0.29) is 68.5 Å². The van der Waals surface area contributed by atoms with Gasteiger partial charge in [-0.25, -0.2) is 9.13 Å². The molecule has 0 aliphatic carbocycles. The molecular formula is H7CuKO8P2. The van der Waals surface area contributed by atoms with Gasteiger partial charge in [0.05, 0.1) is 0 Å². The third-order valence-electron chi connectivity index (χ3n) is 0. The first-order chi connectivity index (χ1) is 4.00. The van der Waals surface area contributed by atoms with Gasteiger partial charge in [-0.2, -0.15) is 0 Å². The molecule has 0 aromatic carbocycles. The molecule has 0 unspecified atom stereocenters. The minimum atomic E-state index is -4.64. The second kappa shape index (κ2) is 9.91. The second-order valence-corrected chi connectivity index (χ2v) is 3.08. The summed E-state index contributed by atoms with van der Waals surface area (Å²) in [5.41, 5.74) is 0. The van der Waals surface area contributed by atoms with Gasteiger partial charge in [-0.05, 0) is 0 Å². The van der Waals surface area contributed by atoms with E-state index in [2.05, 4.69) is 0 Å². The Morgan fingerprint density at radius 3 is 0.667 bits per heavy atom. The van der Waals surface area contributed by atoms with Gasteiger partial charge in [-0.3, -0.25) is 0 Å². The Kier molecular flexibility index (Phi) is 19.7. The van der Waals surface area contributed by atoms with E-state index in [0.717, 1.165) is 0 Å². The summed E-state index contributed by atoms with van der Waals surface area (Å²) in [6, 6.07) is 0. The monoisotopic (exact) mass is 299 g/mol. The Morgan fingerprint density at radius 1 is 0.667 bits per heavy atom. The summed E-state index contributed by atoms with van der Waals surface area (Å²) in [5.74, 6) is 0. The van der Waals surface area contributed by atoms with Crippen LogP contribution in [0, 0.1) is 0 Å². The van der Waals surface area contributed by atoms with Crippen molar-refractivity contribution in [3.63, 3.8) is 0 Å². The molecule has 6 N–H and O–H groups in total. The number of rotatable bonds is 0. The molecule has 0 aliphatic rings. The van der Waals surface area contributed by atoms with Gasteiger partial charge in [0.25, 0.3) is 0 Å². The van der Waals surface area contributed by atoms with Crippen molar-refractivity contribution in [3.05, 3.63) is 0 Å². The van der Waals surface area contributed by atoms with Crippen LogP contribution in [0.5, 0.6) is 0 Å². The molecule has 0 rings (SSSR count). The average Bonchev–Trinajstić information content (AvgIpc) is 1.12. The molecule has 8 nitrogen and oxygen atoms in total. The Hall–Kier alpha value is 2.38. The number of hydrogen-bond acceptors (Lipinski definition) is 2. The van der Waals surface area contributed by atoms with E-state index >= 15 is 0 Å². The molecule has 1 radical (unpaired) electrons. The van der Waals surface area contributed by atoms with Crippen LogP contribution >= 0.6 is 15.6 Å². The van der Waals surface area contributed by atoms with Crippen LogP contribution < -0.4 is 0 Å². The van der Waals surface area contributed by atoms with E-state index in [1.165, 1.54) is 0 Å². The Labute approximate surface area is 121 Å². The molecule has 0 amide bonds. The Bertz CT molecular complexity index is 129. The van der Waals surface area contributed by atoms with Gasteiger partial charge < -0.3 is 29.4 Å². The summed E-state index contributed by atoms with van der Waals surface area (Å²) < 4.78 is 17.8. The van der Waals surface area contributed by atoms with Crippen LogP contribution in [0.15, 0.2) is 0 Å². The summed E-state index contributed by atoms with van der Waals surface area (Å²) >= 11 is 0. The molecule has 0 atom stereocenters. The fraction of sp³-hybridized carbons (Fsp3) is 0. The van der Waals surface area contributed by atoms with Crippen molar-refractivity contribution in [1.82, 2.24) is 0 Å². The first-order valence-electron chi connectivity index (χ1n) is 1.57. The topological polar surface area (TPSA) is 156 Å².